The Kier molecular flexibility index (Phi) is 4.71. The first-order valence-corrected chi connectivity index (χ1v) is 9.14. The van der Waals surface area contributed by atoms with Gasteiger partial charge in [-0.1, -0.05) is 30.7 Å². The lowest BCUT2D eigenvalue weighted by molar-refractivity contribution is 0.0983. The molecule has 0 radical (unpaired) electrons. The monoisotopic (exact) mass is 392 g/mol. The van der Waals surface area contributed by atoms with Gasteiger partial charge < -0.3 is 15.5 Å². The van der Waals surface area contributed by atoms with Gasteiger partial charge in [-0.3, -0.25) is 14.8 Å². The van der Waals surface area contributed by atoms with E-state index in [0.29, 0.717) is 34.1 Å². The Balaban J connectivity index is 1.83. The average molecular weight is 393 g/mol. The second-order valence-corrected chi connectivity index (χ2v) is 6.60. The SMILES string of the molecule is CCC(=O)c1cc(-c2nccc3c(Nc4ccccc4Cl)c(N)oc23)ccn1. The molecule has 6 nitrogen and oxygen atoms in total. The van der Waals surface area contributed by atoms with Crippen molar-refractivity contribution in [1.82, 2.24) is 9.97 Å². The summed E-state index contributed by atoms with van der Waals surface area (Å²) < 4.78 is 5.83. The van der Waals surface area contributed by atoms with Gasteiger partial charge in [-0.15, -0.1) is 0 Å². The summed E-state index contributed by atoms with van der Waals surface area (Å²) in [5.41, 5.74) is 9.71. The van der Waals surface area contributed by atoms with Gasteiger partial charge in [0.25, 0.3) is 0 Å². The maximum Gasteiger partial charge on any atom is 0.215 e. The number of carbonyl (C=O) groups is 1. The van der Waals surface area contributed by atoms with Crippen LogP contribution in [0.1, 0.15) is 23.8 Å². The molecule has 0 saturated heterocycles. The molecular formula is C21H17ClN4O2. The fourth-order valence-electron chi connectivity index (χ4n) is 2.99. The van der Waals surface area contributed by atoms with Crippen molar-refractivity contribution >= 4 is 45.6 Å². The zero-order chi connectivity index (χ0) is 19.7. The second kappa shape index (κ2) is 7.32. The molecule has 0 spiro atoms. The van der Waals surface area contributed by atoms with Gasteiger partial charge in [0.05, 0.1) is 16.1 Å². The quantitative estimate of drug-likeness (QED) is 0.438. The predicted octanol–water partition coefficient (Wildman–Crippen LogP) is 5.46. The molecule has 3 aromatic heterocycles. The summed E-state index contributed by atoms with van der Waals surface area (Å²) in [4.78, 5) is 20.6. The second-order valence-electron chi connectivity index (χ2n) is 6.19. The summed E-state index contributed by atoms with van der Waals surface area (Å²) in [6, 6.07) is 12.7. The fraction of sp³-hybridized carbons (Fsp3) is 0.0952. The van der Waals surface area contributed by atoms with Gasteiger partial charge in [-0.2, -0.15) is 0 Å². The van der Waals surface area contributed by atoms with Crippen LogP contribution in [0.15, 0.2) is 59.3 Å². The van der Waals surface area contributed by atoms with E-state index in [4.69, 9.17) is 21.8 Å². The zero-order valence-corrected chi connectivity index (χ0v) is 15.8. The van der Waals surface area contributed by atoms with E-state index in [-0.39, 0.29) is 11.7 Å². The third kappa shape index (κ3) is 3.18. The number of anilines is 3. The largest absolute Gasteiger partial charge is 0.436 e. The van der Waals surface area contributed by atoms with E-state index in [1.165, 1.54) is 0 Å². The van der Waals surface area contributed by atoms with E-state index in [2.05, 4.69) is 15.3 Å². The van der Waals surface area contributed by atoms with Crippen molar-refractivity contribution < 1.29 is 9.21 Å². The minimum Gasteiger partial charge on any atom is -0.436 e. The highest BCUT2D eigenvalue weighted by molar-refractivity contribution is 6.33. The number of nitrogens with one attached hydrogen (secondary N) is 1. The first-order chi connectivity index (χ1) is 13.6. The number of benzene rings is 1. The molecule has 0 saturated carbocycles. The summed E-state index contributed by atoms with van der Waals surface area (Å²) in [5, 5.41) is 4.57. The van der Waals surface area contributed by atoms with Crippen molar-refractivity contribution in [3.05, 3.63) is 65.6 Å². The average Bonchev–Trinajstić information content (AvgIpc) is 3.04. The Labute approximate surface area is 166 Å². The Morgan fingerprint density at radius 3 is 2.75 bits per heavy atom. The molecule has 0 bridgehead atoms. The number of nitrogens with two attached hydrogens (primary N) is 1. The smallest absolute Gasteiger partial charge is 0.215 e. The number of pyridine rings is 2. The number of carbonyl (C=O) groups excluding carboxylic acids is 1. The number of aromatic nitrogens is 2. The number of nitrogen functional groups attached to an aromatic ring is 1. The van der Waals surface area contributed by atoms with Gasteiger partial charge in [0.2, 0.25) is 5.88 Å². The normalized spacial score (nSPS) is 10.9. The van der Waals surface area contributed by atoms with Crippen molar-refractivity contribution in [3.8, 4) is 11.3 Å². The summed E-state index contributed by atoms with van der Waals surface area (Å²) in [6.07, 6.45) is 3.65. The van der Waals surface area contributed by atoms with Crippen LogP contribution >= 0.6 is 11.6 Å². The van der Waals surface area contributed by atoms with Gasteiger partial charge >= 0.3 is 0 Å². The van der Waals surface area contributed by atoms with Gasteiger partial charge in [-0.25, -0.2) is 0 Å². The minimum absolute atomic E-state index is 0.0333. The fourth-order valence-corrected chi connectivity index (χ4v) is 3.17. The summed E-state index contributed by atoms with van der Waals surface area (Å²) in [7, 11) is 0. The van der Waals surface area contributed by atoms with E-state index in [9.17, 15) is 4.79 Å². The zero-order valence-electron chi connectivity index (χ0n) is 15.1. The molecule has 0 atom stereocenters. The van der Waals surface area contributed by atoms with Crippen LogP contribution in [0.25, 0.3) is 22.2 Å². The molecule has 7 heteroatoms. The summed E-state index contributed by atoms with van der Waals surface area (Å²) >= 11 is 6.25. The standard InChI is InChI=1S/C21H17ClN4O2/c1-2-17(27)16-11-12(7-9-24-16)18-20-13(8-10-25-18)19(21(23)28-20)26-15-6-4-3-5-14(15)22/h3-11,26H,2,23H2,1H3. The number of Topliss-reactive ketones (excluding diaryl/α,β-unsaturated/α-hetero) is 1. The lowest BCUT2D eigenvalue weighted by atomic mass is 10.1. The molecule has 0 unspecified atom stereocenters. The number of hydrogen-bond donors (Lipinski definition) is 2. The van der Waals surface area contributed by atoms with Crippen molar-refractivity contribution in [3.63, 3.8) is 0 Å². The van der Waals surface area contributed by atoms with Crippen molar-refractivity contribution in [2.45, 2.75) is 13.3 Å². The Hall–Kier alpha value is -3.38. The lowest BCUT2D eigenvalue weighted by Gasteiger charge is -2.07. The van der Waals surface area contributed by atoms with Crippen LogP contribution in [0.3, 0.4) is 0 Å². The Morgan fingerprint density at radius 2 is 1.96 bits per heavy atom. The van der Waals surface area contributed by atoms with E-state index in [0.717, 1.165) is 16.6 Å². The molecule has 0 amide bonds. The van der Waals surface area contributed by atoms with Crippen LogP contribution in [0.5, 0.6) is 0 Å². The third-order valence-corrected chi connectivity index (χ3v) is 4.74. The molecule has 0 aliphatic carbocycles. The number of fused-ring (bicyclic) bond motifs is 1. The molecule has 1 aromatic carbocycles. The highest BCUT2D eigenvalue weighted by Gasteiger charge is 2.18. The topological polar surface area (TPSA) is 94.0 Å². The number of ketones is 1. The summed E-state index contributed by atoms with van der Waals surface area (Å²) in [5.74, 6) is 0.192. The van der Waals surface area contributed by atoms with Crippen LogP contribution in [0, 0.1) is 0 Å². The molecule has 0 aliphatic rings. The number of para-hydroxylation sites is 1. The molecule has 4 rings (SSSR count). The lowest BCUT2D eigenvalue weighted by Crippen LogP contribution is -2.00. The molecular weight excluding hydrogens is 376 g/mol. The van der Waals surface area contributed by atoms with Gasteiger partial charge in [0.15, 0.2) is 11.4 Å². The van der Waals surface area contributed by atoms with Gasteiger partial charge in [-0.05, 0) is 30.3 Å². The molecule has 28 heavy (non-hydrogen) atoms. The molecule has 4 aromatic rings. The van der Waals surface area contributed by atoms with E-state index >= 15 is 0 Å². The van der Waals surface area contributed by atoms with Crippen LogP contribution in [0.2, 0.25) is 5.02 Å². The number of halogens is 1. The number of rotatable bonds is 5. The molecule has 3 N–H and O–H groups in total. The highest BCUT2D eigenvalue weighted by atomic mass is 35.5. The Bertz CT molecular complexity index is 1190. The van der Waals surface area contributed by atoms with Crippen LogP contribution in [0.4, 0.5) is 17.3 Å². The van der Waals surface area contributed by atoms with E-state index < -0.39 is 0 Å². The maximum absolute atomic E-state index is 12.0. The highest BCUT2D eigenvalue weighted by Crippen LogP contribution is 2.40. The van der Waals surface area contributed by atoms with Crippen molar-refractivity contribution in [1.29, 1.82) is 0 Å². The van der Waals surface area contributed by atoms with Crippen LogP contribution < -0.4 is 11.1 Å². The van der Waals surface area contributed by atoms with Crippen LogP contribution in [-0.4, -0.2) is 15.8 Å². The van der Waals surface area contributed by atoms with Crippen molar-refractivity contribution in [2.24, 2.45) is 0 Å². The van der Waals surface area contributed by atoms with Crippen LogP contribution in [-0.2, 0) is 0 Å². The molecule has 0 fully saturated rings. The first kappa shape index (κ1) is 18.0. The molecule has 0 aliphatic heterocycles. The Morgan fingerprint density at radius 1 is 1.18 bits per heavy atom. The maximum atomic E-state index is 12.0. The van der Waals surface area contributed by atoms with Gasteiger partial charge in [0, 0.05) is 24.4 Å². The van der Waals surface area contributed by atoms with E-state index in [1.54, 1.807) is 37.5 Å². The minimum atomic E-state index is -0.0333. The third-order valence-electron chi connectivity index (χ3n) is 4.41. The first-order valence-electron chi connectivity index (χ1n) is 8.76. The number of furan rings is 1. The predicted molar refractivity (Wildman–Crippen MR) is 111 cm³/mol. The molecule has 140 valence electrons. The number of nitrogens with zero attached hydrogens (tertiary/aromatic N) is 2. The van der Waals surface area contributed by atoms with Crippen molar-refractivity contribution in [2.75, 3.05) is 11.1 Å². The number of hydrogen-bond acceptors (Lipinski definition) is 6. The molecule has 3 heterocycles. The van der Waals surface area contributed by atoms with Gasteiger partial charge in [0.1, 0.15) is 17.1 Å². The summed E-state index contributed by atoms with van der Waals surface area (Å²) in [6.45, 7) is 1.80. The van der Waals surface area contributed by atoms with E-state index in [1.807, 2.05) is 24.3 Å².